The first-order valence-corrected chi connectivity index (χ1v) is 11.0. The number of hydrogen-bond donors (Lipinski definition) is 1. The number of hydrogen-bond acceptors (Lipinski definition) is 4. The predicted octanol–water partition coefficient (Wildman–Crippen LogP) is 3.83. The minimum Gasteiger partial charge on any atom is -0.469 e. The van der Waals surface area contributed by atoms with Crippen LogP contribution in [-0.4, -0.2) is 54.5 Å². The number of carbonyl (C=O) groups is 3. The number of esters is 1. The maximum absolute atomic E-state index is 13.4. The van der Waals surface area contributed by atoms with Crippen LogP contribution in [0.4, 0.5) is 10.5 Å². The number of urea groups is 1. The summed E-state index contributed by atoms with van der Waals surface area (Å²) in [5, 5.41) is 2.93. The molecule has 1 aliphatic heterocycles. The lowest BCUT2D eigenvalue weighted by Gasteiger charge is -2.35. The van der Waals surface area contributed by atoms with Crippen molar-refractivity contribution in [2.45, 2.75) is 32.7 Å². The number of nitrogens with zero attached hydrogens (tertiary/aromatic N) is 2. The van der Waals surface area contributed by atoms with Gasteiger partial charge in [0.05, 0.1) is 19.4 Å². The van der Waals surface area contributed by atoms with Crippen molar-refractivity contribution in [2.24, 2.45) is 5.92 Å². The molecule has 0 saturated carbocycles. The van der Waals surface area contributed by atoms with E-state index in [1.54, 1.807) is 9.80 Å². The summed E-state index contributed by atoms with van der Waals surface area (Å²) in [4.78, 5) is 41.3. The molecule has 0 radical (unpaired) electrons. The highest BCUT2D eigenvalue weighted by atomic mass is 16.5. The van der Waals surface area contributed by atoms with Crippen LogP contribution in [0, 0.1) is 12.8 Å². The van der Waals surface area contributed by atoms with Crippen LogP contribution in [0.2, 0.25) is 0 Å². The summed E-state index contributed by atoms with van der Waals surface area (Å²) >= 11 is 0. The summed E-state index contributed by atoms with van der Waals surface area (Å²) in [7, 11) is 1.34. The molecule has 1 heterocycles. The van der Waals surface area contributed by atoms with Gasteiger partial charge in [-0.15, -0.1) is 0 Å². The molecule has 1 unspecified atom stereocenters. The van der Waals surface area contributed by atoms with Gasteiger partial charge in [0.2, 0.25) is 5.91 Å². The lowest BCUT2D eigenvalue weighted by Crippen LogP contribution is -2.48. The number of benzene rings is 2. The topological polar surface area (TPSA) is 79.0 Å². The Morgan fingerprint density at radius 2 is 1.91 bits per heavy atom. The highest BCUT2D eigenvalue weighted by molar-refractivity contribution is 5.90. The minimum absolute atomic E-state index is 0.0363. The molecule has 1 N–H and O–H groups in total. The molecule has 2 aromatic rings. The van der Waals surface area contributed by atoms with Crippen LogP contribution in [0.5, 0.6) is 0 Å². The quantitative estimate of drug-likeness (QED) is 0.668. The molecule has 2 aromatic carbocycles. The Hall–Kier alpha value is -3.35. The van der Waals surface area contributed by atoms with Crippen LogP contribution >= 0.6 is 0 Å². The van der Waals surface area contributed by atoms with Gasteiger partial charge in [-0.1, -0.05) is 42.5 Å². The van der Waals surface area contributed by atoms with E-state index in [-0.39, 0.29) is 36.8 Å². The van der Waals surface area contributed by atoms with Crippen molar-refractivity contribution in [3.05, 3.63) is 65.7 Å². The Balaban J connectivity index is 1.66. The summed E-state index contributed by atoms with van der Waals surface area (Å²) in [6.45, 7) is 3.65. The predicted molar refractivity (Wildman–Crippen MR) is 123 cm³/mol. The minimum atomic E-state index is -0.348. The van der Waals surface area contributed by atoms with Crippen LogP contribution in [-0.2, 0) is 20.9 Å². The van der Waals surface area contributed by atoms with Gasteiger partial charge in [0.1, 0.15) is 0 Å². The van der Waals surface area contributed by atoms with E-state index in [0.29, 0.717) is 19.6 Å². The molecule has 3 rings (SSSR count). The first-order chi connectivity index (χ1) is 15.5. The summed E-state index contributed by atoms with van der Waals surface area (Å²) < 4.78 is 4.75. The van der Waals surface area contributed by atoms with Gasteiger partial charge in [-0.3, -0.25) is 9.59 Å². The SMILES string of the molecule is COC(=O)CCN(Cc1ccccc1)C(=O)C1CCCN(C(=O)Nc2cccc(C)c2)C1. The van der Waals surface area contributed by atoms with Crippen molar-refractivity contribution < 1.29 is 19.1 Å². The first-order valence-electron chi connectivity index (χ1n) is 11.0. The van der Waals surface area contributed by atoms with Crippen LogP contribution in [0.1, 0.15) is 30.4 Å². The van der Waals surface area contributed by atoms with Gasteiger partial charge in [-0.2, -0.15) is 0 Å². The number of likely N-dealkylation sites (tertiary alicyclic amines) is 1. The molecule has 3 amide bonds. The van der Waals surface area contributed by atoms with Crippen molar-refractivity contribution in [2.75, 3.05) is 32.1 Å². The van der Waals surface area contributed by atoms with Crippen molar-refractivity contribution in [1.29, 1.82) is 0 Å². The Morgan fingerprint density at radius 3 is 2.62 bits per heavy atom. The number of anilines is 1. The highest BCUT2D eigenvalue weighted by Crippen LogP contribution is 2.22. The van der Waals surface area contributed by atoms with Crippen molar-refractivity contribution >= 4 is 23.6 Å². The lowest BCUT2D eigenvalue weighted by molar-refractivity contribution is -0.143. The molecule has 7 nitrogen and oxygen atoms in total. The Morgan fingerprint density at radius 1 is 1.12 bits per heavy atom. The maximum atomic E-state index is 13.4. The van der Waals surface area contributed by atoms with E-state index in [0.717, 1.165) is 29.7 Å². The number of amides is 3. The molecule has 7 heteroatoms. The van der Waals surface area contributed by atoms with E-state index in [9.17, 15) is 14.4 Å². The van der Waals surface area contributed by atoms with Crippen molar-refractivity contribution in [3.63, 3.8) is 0 Å². The van der Waals surface area contributed by atoms with Gasteiger partial charge in [0.15, 0.2) is 0 Å². The van der Waals surface area contributed by atoms with E-state index in [1.165, 1.54) is 7.11 Å². The highest BCUT2D eigenvalue weighted by Gasteiger charge is 2.31. The standard InChI is InChI=1S/C25H31N3O4/c1-19-8-6-12-22(16-19)26-25(31)28-14-7-11-21(18-28)24(30)27(15-13-23(29)32-2)17-20-9-4-3-5-10-20/h3-6,8-10,12,16,21H,7,11,13-15,17-18H2,1-2H3,(H,26,31). The normalized spacial score (nSPS) is 15.7. The van der Waals surface area contributed by atoms with Crippen LogP contribution in [0.25, 0.3) is 0 Å². The van der Waals surface area contributed by atoms with Gasteiger partial charge in [-0.05, 0) is 43.0 Å². The molecule has 32 heavy (non-hydrogen) atoms. The van der Waals surface area contributed by atoms with Crippen LogP contribution in [0.3, 0.4) is 0 Å². The summed E-state index contributed by atoms with van der Waals surface area (Å²) in [6.07, 6.45) is 1.61. The summed E-state index contributed by atoms with van der Waals surface area (Å²) in [6, 6.07) is 17.1. The van der Waals surface area contributed by atoms with Crippen LogP contribution in [0.15, 0.2) is 54.6 Å². The third-order valence-corrected chi connectivity index (χ3v) is 5.67. The summed E-state index contributed by atoms with van der Waals surface area (Å²) in [5.41, 5.74) is 2.81. The molecule has 0 spiro atoms. The zero-order chi connectivity index (χ0) is 22.9. The molecule has 1 atom stereocenters. The average molecular weight is 438 g/mol. The van der Waals surface area contributed by atoms with E-state index in [2.05, 4.69) is 5.32 Å². The van der Waals surface area contributed by atoms with E-state index in [1.807, 2.05) is 61.5 Å². The largest absolute Gasteiger partial charge is 0.469 e. The number of carbonyl (C=O) groups excluding carboxylic acids is 3. The maximum Gasteiger partial charge on any atom is 0.321 e. The fourth-order valence-electron chi connectivity index (χ4n) is 3.95. The third-order valence-electron chi connectivity index (χ3n) is 5.67. The summed E-state index contributed by atoms with van der Waals surface area (Å²) in [5.74, 6) is -0.683. The van der Waals surface area contributed by atoms with Gasteiger partial charge in [-0.25, -0.2) is 4.79 Å². The molecule has 0 aliphatic carbocycles. The number of ether oxygens (including phenoxy) is 1. The molecular weight excluding hydrogens is 406 g/mol. The van der Waals surface area contributed by atoms with Gasteiger partial charge in [0, 0.05) is 31.9 Å². The number of nitrogens with one attached hydrogen (secondary N) is 1. The zero-order valence-electron chi connectivity index (χ0n) is 18.8. The van der Waals surface area contributed by atoms with Gasteiger partial charge >= 0.3 is 12.0 Å². The molecule has 1 aliphatic rings. The second-order valence-corrected chi connectivity index (χ2v) is 8.16. The third kappa shape index (κ3) is 6.57. The number of methoxy groups -OCH3 is 1. The molecular formula is C25H31N3O4. The smallest absolute Gasteiger partial charge is 0.321 e. The van der Waals surface area contributed by atoms with E-state index >= 15 is 0 Å². The molecule has 1 fully saturated rings. The lowest BCUT2D eigenvalue weighted by atomic mass is 9.96. The van der Waals surface area contributed by atoms with Crippen LogP contribution < -0.4 is 5.32 Å². The van der Waals surface area contributed by atoms with Crippen molar-refractivity contribution in [1.82, 2.24) is 9.80 Å². The molecule has 0 bridgehead atoms. The Kier molecular flexibility index (Phi) is 8.25. The zero-order valence-corrected chi connectivity index (χ0v) is 18.8. The van der Waals surface area contributed by atoms with Gasteiger partial charge in [0.25, 0.3) is 0 Å². The second kappa shape index (κ2) is 11.3. The number of rotatable bonds is 7. The molecule has 1 saturated heterocycles. The van der Waals surface area contributed by atoms with E-state index in [4.69, 9.17) is 4.74 Å². The fourth-order valence-corrected chi connectivity index (χ4v) is 3.95. The molecule has 170 valence electrons. The molecule has 0 aromatic heterocycles. The number of piperidine rings is 1. The fraction of sp³-hybridized carbons (Fsp3) is 0.400. The van der Waals surface area contributed by atoms with E-state index < -0.39 is 0 Å². The monoisotopic (exact) mass is 437 g/mol. The van der Waals surface area contributed by atoms with Gasteiger partial charge < -0.3 is 19.9 Å². The Bertz CT molecular complexity index is 932. The Labute approximate surface area is 189 Å². The first kappa shape index (κ1) is 23.3. The average Bonchev–Trinajstić information content (AvgIpc) is 2.81. The second-order valence-electron chi connectivity index (χ2n) is 8.16. The number of aryl methyl sites for hydroxylation is 1. The van der Waals surface area contributed by atoms with Crippen molar-refractivity contribution in [3.8, 4) is 0 Å².